The molecular formula is C16H19N2S+. The lowest BCUT2D eigenvalue weighted by molar-refractivity contribution is -0.502. The van der Waals surface area contributed by atoms with E-state index in [2.05, 4.69) is 59.9 Å². The Morgan fingerprint density at radius 3 is 2.16 bits per heavy atom. The number of para-hydroxylation sites is 1. The Morgan fingerprint density at radius 1 is 1.00 bits per heavy atom. The standard InChI is InChI=1S/C16H18N2S/c1-13(14-9-5-3-6-10-14)17-16(19-2)18-15-11-7-4-8-12-15/h3-13H,1-2H3,(H,17,18)/p+1. The number of rotatable bonds is 3. The summed E-state index contributed by atoms with van der Waals surface area (Å²) >= 11 is 1.68. The molecule has 2 aromatic carbocycles. The summed E-state index contributed by atoms with van der Waals surface area (Å²) in [5.74, 6) is 0. The molecule has 0 aliphatic rings. The average molecular weight is 271 g/mol. The number of benzene rings is 2. The quantitative estimate of drug-likeness (QED) is 0.663. The third-order valence-electron chi connectivity index (χ3n) is 2.88. The van der Waals surface area contributed by atoms with Crippen molar-refractivity contribution in [2.75, 3.05) is 11.6 Å². The van der Waals surface area contributed by atoms with Crippen molar-refractivity contribution in [1.82, 2.24) is 0 Å². The largest absolute Gasteiger partial charge is 0.309 e. The van der Waals surface area contributed by atoms with Gasteiger partial charge in [0.05, 0.1) is 0 Å². The van der Waals surface area contributed by atoms with Gasteiger partial charge in [-0.05, 0) is 42.6 Å². The molecule has 1 atom stereocenters. The van der Waals surface area contributed by atoms with Crippen LogP contribution in [0.4, 0.5) is 5.69 Å². The fraction of sp³-hybridized carbons (Fsp3) is 0.188. The number of amidine groups is 1. The van der Waals surface area contributed by atoms with Gasteiger partial charge in [0, 0.05) is 0 Å². The third-order valence-corrected chi connectivity index (χ3v) is 3.51. The third kappa shape index (κ3) is 4.14. The molecule has 0 fully saturated rings. The van der Waals surface area contributed by atoms with Gasteiger partial charge in [-0.2, -0.15) is 0 Å². The highest BCUT2D eigenvalue weighted by molar-refractivity contribution is 8.13. The predicted octanol–water partition coefficient (Wildman–Crippen LogP) is 2.66. The van der Waals surface area contributed by atoms with Crippen LogP contribution in [-0.4, -0.2) is 11.4 Å². The summed E-state index contributed by atoms with van der Waals surface area (Å²) in [7, 11) is 0. The Kier molecular flexibility index (Phi) is 5.04. The van der Waals surface area contributed by atoms with Crippen LogP contribution in [0.25, 0.3) is 0 Å². The van der Waals surface area contributed by atoms with Crippen molar-refractivity contribution in [3.63, 3.8) is 0 Å². The molecule has 0 aliphatic carbocycles. The van der Waals surface area contributed by atoms with Crippen LogP contribution in [0.1, 0.15) is 18.5 Å². The van der Waals surface area contributed by atoms with Crippen LogP contribution < -0.4 is 10.3 Å². The molecule has 3 heteroatoms. The van der Waals surface area contributed by atoms with Gasteiger partial charge < -0.3 is 0 Å². The lowest BCUT2D eigenvalue weighted by Crippen LogP contribution is -2.74. The van der Waals surface area contributed by atoms with Gasteiger partial charge in [0.25, 0.3) is 0 Å². The van der Waals surface area contributed by atoms with Gasteiger partial charge in [-0.1, -0.05) is 48.5 Å². The van der Waals surface area contributed by atoms with Gasteiger partial charge in [-0.3, -0.25) is 4.99 Å². The molecule has 2 rings (SSSR count). The number of hydrogen-bond acceptors (Lipinski definition) is 1. The maximum Gasteiger partial charge on any atom is 0.309 e. The Balaban J connectivity index is 2.11. The van der Waals surface area contributed by atoms with Gasteiger partial charge >= 0.3 is 5.17 Å². The van der Waals surface area contributed by atoms with E-state index in [1.165, 1.54) is 5.56 Å². The van der Waals surface area contributed by atoms with E-state index in [9.17, 15) is 0 Å². The second-order valence-electron chi connectivity index (χ2n) is 4.30. The maximum absolute atomic E-state index is 3.50. The van der Waals surface area contributed by atoms with Crippen LogP contribution >= 0.6 is 11.8 Å². The van der Waals surface area contributed by atoms with Gasteiger partial charge in [-0.15, -0.1) is 0 Å². The number of nitrogens with one attached hydrogen (secondary N) is 2. The zero-order valence-electron chi connectivity index (χ0n) is 11.3. The van der Waals surface area contributed by atoms with Crippen LogP contribution in [0, 0.1) is 0 Å². The lowest BCUT2D eigenvalue weighted by atomic mass is 10.1. The summed E-state index contributed by atoms with van der Waals surface area (Å²) in [6.07, 6.45) is 2.07. The minimum Gasteiger partial charge on any atom is -0.262 e. The van der Waals surface area contributed by atoms with E-state index in [1.54, 1.807) is 11.8 Å². The molecule has 0 radical (unpaired) electrons. The number of hydrogen-bond donors (Lipinski definition) is 2. The van der Waals surface area contributed by atoms with Gasteiger partial charge in [0.2, 0.25) is 0 Å². The molecule has 1 unspecified atom stereocenters. The molecule has 0 spiro atoms. The van der Waals surface area contributed by atoms with E-state index in [0.717, 1.165) is 10.9 Å². The fourth-order valence-electron chi connectivity index (χ4n) is 1.82. The molecule has 0 saturated carbocycles. The molecule has 2 aromatic rings. The minimum absolute atomic E-state index is 0.278. The predicted molar refractivity (Wildman–Crippen MR) is 84.4 cm³/mol. The first kappa shape index (κ1) is 13.7. The normalized spacial score (nSPS) is 13.1. The first-order valence-electron chi connectivity index (χ1n) is 6.34. The first-order valence-corrected chi connectivity index (χ1v) is 7.56. The molecule has 98 valence electrons. The molecule has 19 heavy (non-hydrogen) atoms. The molecule has 0 saturated heterocycles. The summed E-state index contributed by atoms with van der Waals surface area (Å²) in [4.78, 5) is 3.50. The van der Waals surface area contributed by atoms with E-state index < -0.39 is 0 Å². The first-order chi connectivity index (χ1) is 9.29. The second kappa shape index (κ2) is 7.00. The number of anilines is 1. The molecule has 0 bridgehead atoms. The van der Waals surface area contributed by atoms with Crippen LogP contribution in [0.15, 0.2) is 60.7 Å². The lowest BCUT2D eigenvalue weighted by Gasteiger charge is -2.07. The van der Waals surface area contributed by atoms with Crippen LogP contribution in [0.5, 0.6) is 0 Å². The van der Waals surface area contributed by atoms with Crippen molar-refractivity contribution in [3.05, 3.63) is 66.2 Å². The number of thioether (sulfide) groups is 1. The minimum atomic E-state index is 0.278. The van der Waals surface area contributed by atoms with E-state index in [0.29, 0.717) is 0 Å². The maximum atomic E-state index is 3.50. The topological polar surface area (TPSA) is 26.0 Å². The Hall–Kier alpha value is -1.74. The molecular weight excluding hydrogens is 252 g/mol. The summed E-state index contributed by atoms with van der Waals surface area (Å²) in [6.45, 7) is 2.16. The fourth-order valence-corrected chi connectivity index (χ4v) is 2.33. The Morgan fingerprint density at radius 2 is 1.58 bits per heavy atom. The molecule has 2 N–H and O–H groups in total. The summed E-state index contributed by atoms with van der Waals surface area (Å²) in [6, 6.07) is 20.9. The SMILES string of the molecule is CSC(Nc1ccccc1)=[NH+]C(C)c1ccccc1. The van der Waals surface area contributed by atoms with Crippen LogP contribution in [0.3, 0.4) is 0 Å². The van der Waals surface area contributed by atoms with Gasteiger partial charge in [0.1, 0.15) is 11.7 Å². The molecule has 0 heterocycles. The van der Waals surface area contributed by atoms with Crippen molar-refractivity contribution in [1.29, 1.82) is 0 Å². The molecule has 0 amide bonds. The van der Waals surface area contributed by atoms with E-state index in [-0.39, 0.29) is 6.04 Å². The smallest absolute Gasteiger partial charge is 0.262 e. The highest BCUT2D eigenvalue weighted by Gasteiger charge is 2.10. The van der Waals surface area contributed by atoms with Crippen molar-refractivity contribution < 1.29 is 4.99 Å². The molecule has 2 nitrogen and oxygen atoms in total. The van der Waals surface area contributed by atoms with Crippen molar-refractivity contribution in [2.45, 2.75) is 13.0 Å². The van der Waals surface area contributed by atoms with E-state index in [1.807, 2.05) is 24.3 Å². The second-order valence-corrected chi connectivity index (χ2v) is 5.12. The summed E-state index contributed by atoms with van der Waals surface area (Å²) < 4.78 is 0. The Bertz CT molecular complexity index is 523. The van der Waals surface area contributed by atoms with E-state index in [4.69, 9.17) is 0 Å². The highest BCUT2D eigenvalue weighted by Crippen LogP contribution is 2.08. The van der Waals surface area contributed by atoms with Crippen molar-refractivity contribution in [2.24, 2.45) is 0 Å². The molecule has 0 aliphatic heterocycles. The zero-order valence-corrected chi connectivity index (χ0v) is 12.1. The van der Waals surface area contributed by atoms with Crippen LogP contribution in [0.2, 0.25) is 0 Å². The average Bonchev–Trinajstić information content (AvgIpc) is 2.48. The van der Waals surface area contributed by atoms with E-state index >= 15 is 0 Å². The van der Waals surface area contributed by atoms with Gasteiger partial charge in [-0.25, -0.2) is 5.32 Å². The highest BCUT2D eigenvalue weighted by atomic mass is 32.2. The Labute approximate surface area is 119 Å². The molecule has 0 aromatic heterocycles. The zero-order chi connectivity index (χ0) is 13.5. The monoisotopic (exact) mass is 271 g/mol. The van der Waals surface area contributed by atoms with Crippen LogP contribution in [-0.2, 0) is 0 Å². The summed E-state index contributed by atoms with van der Waals surface area (Å²) in [5.41, 5.74) is 2.38. The summed E-state index contributed by atoms with van der Waals surface area (Å²) in [5, 5.41) is 4.46. The van der Waals surface area contributed by atoms with Crippen molar-refractivity contribution in [3.8, 4) is 0 Å². The van der Waals surface area contributed by atoms with Gasteiger partial charge in [0.15, 0.2) is 0 Å². The van der Waals surface area contributed by atoms with Crippen molar-refractivity contribution >= 4 is 22.6 Å².